The van der Waals surface area contributed by atoms with E-state index in [-0.39, 0.29) is 16.3 Å². The molecule has 0 unspecified atom stereocenters. The van der Waals surface area contributed by atoms with Crippen molar-refractivity contribution in [1.82, 2.24) is 14.5 Å². The number of ether oxygens (including phenoxy) is 2. The maximum atomic E-state index is 9.68. The van der Waals surface area contributed by atoms with E-state index in [1.807, 2.05) is 35.0 Å². The minimum atomic E-state index is -0.298. The van der Waals surface area contributed by atoms with E-state index in [0.717, 1.165) is 28.2 Å². The van der Waals surface area contributed by atoms with Crippen LogP contribution in [0.25, 0.3) is 16.9 Å². The summed E-state index contributed by atoms with van der Waals surface area (Å²) in [7, 11) is 0. The van der Waals surface area contributed by atoms with Crippen molar-refractivity contribution in [3.63, 3.8) is 0 Å². The highest BCUT2D eigenvalue weighted by molar-refractivity contribution is 7.99. The first kappa shape index (κ1) is 21.1. The van der Waals surface area contributed by atoms with Crippen LogP contribution in [0.15, 0.2) is 30.5 Å². The molecule has 0 spiro atoms. The van der Waals surface area contributed by atoms with E-state index in [2.05, 4.69) is 44.9 Å². The summed E-state index contributed by atoms with van der Waals surface area (Å²) >= 11 is 1.72. The van der Waals surface area contributed by atoms with Crippen LogP contribution in [-0.2, 0) is 9.48 Å². The molecule has 8 heteroatoms. The molecule has 3 aromatic rings. The number of morpholine rings is 1. The molecule has 0 saturated carbocycles. The summed E-state index contributed by atoms with van der Waals surface area (Å²) < 4.78 is 13.9. The Balaban J connectivity index is 1.80. The number of para-hydroxylation sites is 1. The Morgan fingerprint density at radius 1 is 1.25 bits per heavy atom. The number of fused-ring (bicyclic) bond motifs is 4. The third kappa shape index (κ3) is 3.06. The second-order valence-corrected chi connectivity index (χ2v) is 10.7. The van der Waals surface area contributed by atoms with E-state index in [0.29, 0.717) is 31.3 Å². The molecule has 4 heterocycles. The van der Waals surface area contributed by atoms with Gasteiger partial charge in [-0.15, -0.1) is 0 Å². The minimum Gasteiger partial charge on any atom is -0.485 e. The molecule has 7 nitrogen and oxygen atoms in total. The predicted octanol–water partition coefficient (Wildman–Crippen LogP) is 4.27. The van der Waals surface area contributed by atoms with Gasteiger partial charge in [-0.1, -0.05) is 18.2 Å². The number of rotatable bonds is 3. The molecule has 166 valence electrons. The summed E-state index contributed by atoms with van der Waals surface area (Å²) in [6.45, 7) is 10.4. The van der Waals surface area contributed by atoms with Gasteiger partial charge in [-0.3, -0.25) is 4.57 Å². The Hall–Kier alpha value is -2.76. The SMILES string of the molecule is CSC(C)(C)c1nc(-n2cc(C#N)c3ccccc32)nc2c1OC[C@]1(C)COC[C@@H](C)N21. The standard InChI is InChI=1S/C24H27N5O2S/c1-15-12-30-13-24(4)14-31-19-20(23(2,3)32-5)26-22(27-21(19)29(15)24)28-11-16(10-25)17-8-6-7-9-18(17)28/h6-9,11,15H,12-14H2,1-5H3/t15-,24+/m1/s1. The zero-order valence-electron chi connectivity index (χ0n) is 19.0. The summed E-state index contributed by atoms with van der Waals surface area (Å²) in [4.78, 5) is 12.4. The van der Waals surface area contributed by atoms with Crippen LogP contribution in [0.1, 0.15) is 39.0 Å². The Kier molecular flexibility index (Phi) is 4.88. The zero-order valence-corrected chi connectivity index (χ0v) is 19.9. The zero-order chi connectivity index (χ0) is 22.7. The fraction of sp³-hybridized carbons (Fsp3) is 0.458. The first-order valence-corrected chi connectivity index (χ1v) is 12.0. The topological polar surface area (TPSA) is 76.2 Å². The molecule has 2 atom stereocenters. The summed E-state index contributed by atoms with van der Waals surface area (Å²) in [5.41, 5.74) is 2.08. The van der Waals surface area contributed by atoms with E-state index >= 15 is 0 Å². The van der Waals surface area contributed by atoms with Gasteiger partial charge in [0.05, 0.1) is 40.6 Å². The summed E-state index contributed by atoms with van der Waals surface area (Å²) in [5, 5.41) is 10.6. The van der Waals surface area contributed by atoms with Crippen LogP contribution in [-0.4, -0.2) is 52.2 Å². The number of nitriles is 1. The largest absolute Gasteiger partial charge is 0.485 e. The third-order valence-corrected chi connectivity index (χ3v) is 7.73. The Morgan fingerprint density at radius 3 is 2.78 bits per heavy atom. The van der Waals surface area contributed by atoms with Crippen LogP contribution >= 0.6 is 11.8 Å². The average molecular weight is 450 g/mol. The number of aromatic nitrogens is 3. The molecule has 0 N–H and O–H groups in total. The van der Waals surface area contributed by atoms with Gasteiger partial charge < -0.3 is 14.4 Å². The molecule has 2 aliphatic heterocycles. The van der Waals surface area contributed by atoms with Gasteiger partial charge in [0.15, 0.2) is 11.6 Å². The van der Waals surface area contributed by atoms with Crippen molar-refractivity contribution >= 4 is 28.5 Å². The molecule has 0 amide bonds. The quantitative estimate of drug-likeness (QED) is 0.591. The third-order valence-electron chi connectivity index (χ3n) is 6.51. The lowest BCUT2D eigenvalue weighted by Crippen LogP contribution is -2.64. The molecular weight excluding hydrogens is 422 g/mol. The molecule has 0 radical (unpaired) electrons. The lowest BCUT2D eigenvalue weighted by atomic mass is 9.95. The summed E-state index contributed by atoms with van der Waals surface area (Å²) in [6, 6.07) is 10.3. The lowest BCUT2D eigenvalue weighted by Gasteiger charge is -2.52. The van der Waals surface area contributed by atoms with Crippen LogP contribution in [0.4, 0.5) is 5.82 Å². The number of benzene rings is 1. The van der Waals surface area contributed by atoms with E-state index in [1.165, 1.54) is 0 Å². The van der Waals surface area contributed by atoms with Crippen molar-refractivity contribution in [3.05, 3.63) is 41.7 Å². The number of thioether (sulfide) groups is 1. The predicted molar refractivity (Wildman–Crippen MR) is 127 cm³/mol. The highest BCUT2D eigenvalue weighted by atomic mass is 32.2. The van der Waals surface area contributed by atoms with Gasteiger partial charge in [0.25, 0.3) is 0 Å². The maximum absolute atomic E-state index is 9.68. The van der Waals surface area contributed by atoms with Crippen LogP contribution < -0.4 is 9.64 Å². The molecule has 0 aliphatic carbocycles. The first-order valence-electron chi connectivity index (χ1n) is 10.8. The van der Waals surface area contributed by atoms with E-state index in [9.17, 15) is 5.26 Å². The van der Waals surface area contributed by atoms with Gasteiger partial charge in [-0.05, 0) is 40.0 Å². The highest BCUT2D eigenvalue weighted by Crippen LogP contribution is 2.47. The smallest absolute Gasteiger partial charge is 0.236 e. The lowest BCUT2D eigenvalue weighted by molar-refractivity contribution is 0.00703. The molecule has 32 heavy (non-hydrogen) atoms. The Labute approximate surface area is 192 Å². The molecule has 1 aromatic carbocycles. The first-order chi connectivity index (χ1) is 15.3. The fourth-order valence-corrected chi connectivity index (χ4v) is 5.03. The van der Waals surface area contributed by atoms with E-state index in [1.54, 1.807) is 11.8 Å². The molecule has 5 rings (SSSR count). The van der Waals surface area contributed by atoms with Crippen LogP contribution in [0.2, 0.25) is 0 Å². The fourth-order valence-electron chi connectivity index (χ4n) is 4.70. The Morgan fingerprint density at radius 2 is 2.03 bits per heavy atom. The van der Waals surface area contributed by atoms with Gasteiger partial charge in [-0.25, -0.2) is 4.98 Å². The van der Waals surface area contributed by atoms with Crippen molar-refractivity contribution in [2.24, 2.45) is 0 Å². The summed E-state index contributed by atoms with van der Waals surface area (Å²) in [5.74, 6) is 2.09. The molecule has 1 fully saturated rings. The van der Waals surface area contributed by atoms with E-state index in [4.69, 9.17) is 19.4 Å². The molecule has 1 saturated heterocycles. The second-order valence-electron chi connectivity index (χ2n) is 9.30. The van der Waals surface area contributed by atoms with Gasteiger partial charge in [0, 0.05) is 11.6 Å². The maximum Gasteiger partial charge on any atom is 0.236 e. The van der Waals surface area contributed by atoms with Gasteiger partial charge in [0.2, 0.25) is 5.95 Å². The van der Waals surface area contributed by atoms with Gasteiger partial charge in [0.1, 0.15) is 18.4 Å². The molecule has 2 aromatic heterocycles. The van der Waals surface area contributed by atoms with E-state index < -0.39 is 0 Å². The van der Waals surface area contributed by atoms with Crippen LogP contribution in [0.3, 0.4) is 0 Å². The van der Waals surface area contributed by atoms with Crippen molar-refractivity contribution in [1.29, 1.82) is 5.26 Å². The number of nitrogens with zero attached hydrogens (tertiary/aromatic N) is 5. The van der Waals surface area contributed by atoms with Crippen molar-refractivity contribution < 1.29 is 9.47 Å². The van der Waals surface area contributed by atoms with Gasteiger partial charge in [-0.2, -0.15) is 22.0 Å². The molecular formula is C24H27N5O2S. The second kappa shape index (κ2) is 7.39. The van der Waals surface area contributed by atoms with Crippen LogP contribution in [0, 0.1) is 11.3 Å². The minimum absolute atomic E-state index is 0.153. The molecule has 2 aliphatic rings. The highest BCUT2D eigenvalue weighted by Gasteiger charge is 2.47. The van der Waals surface area contributed by atoms with Crippen molar-refractivity contribution in [2.75, 3.05) is 31.0 Å². The van der Waals surface area contributed by atoms with Crippen molar-refractivity contribution in [3.8, 4) is 17.8 Å². The normalized spacial score (nSPS) is 22.8. The van der Waals surface area contributed by atoms with Gasteiger partial charge >= 0.3 is 0 Å². The van der Waals surface area contributed by atoms with Crippen molar-refractivity contribution in [2.45, 2.75) is 44.0 Å². The number of anilines is 1. The number of hydrogen-bond acceptors (Lipinski definition) is 7. The average Bonchev–Trinajstić information content (AvgIpc) is 3.16. The summed E-state index contributed by atoms with van der Waals surface area (Å²) in [6.07, 6.45) is 3.91. The number of hydrogen-bond donors (Lipinski definition) is 0. The van der Waals surface area contributed by atoms with Crippen LogP contribution in [0.5, 0.6) is 5.75 Å². The Bertz CT molecular complexity index is 1250. The molecule has 0 bridgehead atoms. The monoisotopic (exact) mass is 449 g/mol.